The van der Waals surface area contributed by atoms with E-state index in [1.165, 1.54) is 65.3 Å². The second-order valence-electron chi connectivity index (χ2n) is 13.6. The van der Waals surface area contributed by atoms with E-state index in [0.29, 0.717) is 17.5 Å². The third-order valence-electron chi connectivity index (χ3n) is 10.4. The molecule has 0 spiro atoms. The molecule has 0 saturated carbocycles. The van der Waals surface area contributed by atoms with Crippen LogP contribution in [-0.4, -0.2) is 15.0 Å². The second-order valence-corrected chi connectivity index (χ2v) is 13.6. The summed E-state index contributed by atoms with van der Waals surface area (Å²) in [6.45, 7) is 4.76. The van der Waals surface area contributed by atoms with Gasteiger partial charge in [0, 0.05) is 22.1 Å². The van der Waals surface area contributed by atoms with E-state index in [-0.39, 0.29) is 5.41 Å². The smallest absolute Gasteiger partial charge is 0.164 e. The van der Waals surface area contributed by atoms with E-state index in [1.54, 1.807) is 0 Å². The van der Waals surface area contributed by atoms with Crippen molar-refractivity contribution in [1.82, 2.24) is 15.0 Å². The van der Waals surface area contributed by atoms with Crippen molar-refractivity contribution in [3.8, 4) is 45.3 Å². The van der Waals surface area contributed by atoms with Crippen LogP contribution in [-0.2, 0) is 5.41 Å². The number of aromatic nitrogens is 3. The molecule has 0 atom stereocenters. The molecular formula is C46H31N3. The first kappa shape index (κ1) is 27.9. The van der Waals surface area contributed by atoms with Gasteiger partial charge in [-0.3, -0.25) is 0 Å². The molecule has 0 saturated heterocycles. The normalized spacial score (nSPS) is 13.3. The molecule has 1 aliphatic carbocycles. The summed E-state index contributed by atoms with van der Waals surface area (Å²) < 4.78 is 0. The Bertz CT molecular complexity index is 2730. The highest BCUT2D eigenvalue weighted by molar-refractivity contribution is 6.26. The summed E-state index contributed by atoms with van der Waals surface area (Å²) in [7, 11) is 0. The lowest BCUT2D eigenvalue weighted by molar-refractivity contribution is 0.667. The lowest BCUT2D eigenvalue weighted by atomic mass is 9.79. The van der Waals surface area contributed by atoms with Gasteiger partial charge in [-0.05, 0) is 83.5 Å². The van der Waals surface area contributed by atoms with Crippen molar-refractivity contribution in [2.24, 2.45) is 0 Å². The Balaban J connectivity index is 1.16. The minimum atomic E-state index is -0.180. The van der Waals surface area contributed by atoms with E-state index in [4.69, 9.17) is 15.0 Å². The Morgan fingerprint density at radius 1 is 0.367 bits per heavy atom. The Hall–Kier alpha value is -6.19. The van der Waals surface area contributed by atoms with Crippen LogP contribution in [0.3, 0.4) is 0 Å². The Morgan fingerprint density at radius 3 is 1.43 bits per heavy atom. The van der Waals surface area contributed by atoms with Gasteiger partial charge in [-0.15, -0.1) is 0 Å². The molecule has 0 aliphatic heterocycles. The van der Waals surface area contributed by atoms with Crippen LogP contribution < -0.4 is 0 Å². The van der Waals surface area contributed by atoms with Gasteiger partial charge in [0.25, 0.3) is 0 Å². The van der Waals surface area contributed by atoms with Gasteiger partial charge in [-0.2, -0.15) is 0 Å². The summed E-state index contributed by atoms with van der Waals surface area (Å²) in [6, 6.07) is 54.2. The minimum absolute atomic E-state index is 0.180. The molecule has 9 aromatic rings. The number of hydrogen-bond acceptors (Lipinski definition) is 3. The third kappa shape index (κ3) is 4.19. The van der Waals surface area contributed by atoms with E-state index in [1.807, 2.05) is 60.7 Å². The van der Waals surface area contributed by atoms with Crippen molar-refractivity contribution in [3.05, 3.63) is 163 Å². The highest BCUT2D eigenvalue weighted by atomic mass is 15.0. The highest BCUT2D eigenvalue weighted by Crippen LogP contribution is 2.53. The number of nitrogens with zero attached hydrogens (tertiary/aromatic N) is 3. The largest absolute Gasteiger partial charge is 0.208 e. The molecule has 230 valence electrons. The van der Waals surface area contributed by atoms with Crippen LogP contribution >= 0.6 is 0 Å². The van der Waals surface area contributed by atoms with Crippen LogP contribution in [0.2, 0.25) is 0 Å². The fourth-order valence-electron chi connectivity index (χ4n) is 8.13. The molecule has 3 heteroatoms. The lowest BCUT2D eigenvalue weighted by Gasteiger charge is -2.24. The van der Waals surface area contributed by atoms with Gasteiger partial charge in [0.1, 0.15) is 0 Å². The molecule has 1 heterocycles. The van der Waals surface area contributed by atoms with Crippen LogP contribution in [0.25, 0.3) is 88.4 Å². The van der Waals surface area contributed by atoms with Gasteiger partial charge in [0.05, 0.1) is 0 Å². The average molecular weight is 626 g/mol. The maximum Gasteiger partial charge on any atom is 0.164 e. The molecular weight excluding hydrogens is 595 g/mol. The Labute approximate surface area is 284 Å². The van der Waals surface area contributed by atoms with Crippen LogP contribution in [0, 0.1) is 0 Å². The Morgan fingerprint density at radius 2 is 0.857 bits per heavy atom. The van der Waals surface area contributed by atoms with Gasteiger partial charge < -0.3 is 0 Å². The second kappa shape index (κ2) is 10.4. The van der Waals surface area contributed by atoms with Gasteiger partial charge in [0.2, 0.25) is 0 Å². The van der Waals surface area contributed by atoms with Crippen LogP contribution in [0.5, 0.6) is 0 Å². The molecule has 49 heavy (non-hydrogen) atoms. The van der Waals surface area contributed by atoms with E-state index in [0.717, 1.165) is 16.7 Å². The van der Waals surface area contributed by atoms with Gasteiger partial charge in [-0.25, -0.2) is 15.0 Å². The molecule has 0 fully saturated rings. The van der Waals surface area contributed by atoms with Gasteiger partial charge >= 0.3 is 0 Å². The lowest BCUT2D eigenvalue weighted by Crippen LogP contribution is -2.15. The number of fused-ring (bicyclic) bond motifs is 11. The van der Waals surface area contributed by atoms with Crippen molar-refractivity contribution in [1.29, 1.82) is 0 Å². The fourth-order valence-corrected chi connectivity index (χ4v) is 8.13. The maximum atomic E-state index is 5.00. The van der Waals surface area contributed by atoms with Crippen LogP contribution in [0.4, 0.5) is 0 Å². The number of benzene rings is 8. The third-order valence-corrected chi connectivity index (χ3v) is 10.4. The topological polar surface area (TPSA) is 38.7 Å². The van der Waals surface area contributed by atoms with Crippen molar-refractivity contribution < 1.29 is 0 Å². The highest BCUT2D eigenvalue weighted by Gasteiger charge is 2.37. The van der Waals surface area contributed by atoms with E-state index >= 15 is 0 Å². The first-order chi connectivity index (χ1) is 24.0. The van der Waals surface area contributed by atoms with Crippen molar-refractivity contribution >= 4 is 43.1 Å². The number of hydrogen-bond donors (Lipinski definition) is 0. The first-order valence-corrected chi connectivity index (χ1v) is 16.9. The molecule has 0 bridgehead atoms. The molecule has 1 aromatic heterocycles. The summed E-state index contributed by atoms with van der Waals surface area (Å²) in [5, 5.41) is 10.3. The molecule has 0 radical (unpaired) electrons. The van der Waals surface area contributed by atoms with E-state index in [2.05, 4.69) is 105 Å². The zero-order valence-electron chi connectivity index (χ0n) is 27.3. The molecule has 1 aliphatic rings. The summed E-state index contributed by atoms with van der Waals surface area (Å²) >= 11 is 0. The van der Waals surface area contributed by atoms with E-state index in [9.17, 15) is 0 Å². The molecule has 0 amide bonds. The Kier molecular flexibility index (Phi) is 5.92. The quantitative estimate of drug-likeness (QED) is 0.183. The van der Waals surface area contributed by atoms with Crippen molar-refractivity contribution in [2.45, 2.75) is 19.3 Å². The van der Waals surface area contributed by atoms with Crippen molar-refractivity contribution in [2.75, 3.05) is 0 Å². The molecule has 0 N–H and O–H groups in total. The van der Waals surface area contributed by atoms with Crippen LogP contribution in [0.15, 0.2) is 152 Å². The predicted molar refractivity (Wildman–Crippen MR) is 204 cm³/mol. The monoisotopic (exact) mass is 625 g/mol. The first-order valence-electron chi connectivity index (χ1n) is 16.9. The van der Waals surface area contributed by atoms with Crippen molar-refractivity contribution in [3.63, 3.8) is 0 Å². The van der Waals surface area contributed by atoms with Gasteiger partial charge in [-0.1, -0.05) is 147 Å². The van der Waals surface area contributed by atoms with E-state index < -0.39 is 0 Å². The summed E-state index contributed by atoms with van der Waals surface area (Å²) in [4.78, 5) is 14.9. The number of rotatable bonds is 3. The molecule has 10 rings (SSSR count). The molecule has 8 aromatic carbocycles. The SMILES string of the molecule is CC1(C)c2cc3c4ccccc4c4ccccc4c3cc2-c2ccc3cc(-c4nc(-c5ccccc5)nc(-c5ccccc5)n4)ccc3c21. The summed E-state index contributed by atoms with van der Waals surface area (Å²) in [5.74, 6) is 2.01. The zero-order chi connectivity index (χ0) is 32.7. The molecule has 0 unspecified atom stereocenters. The average Bonchev–Trinajstić information content (AvgIpc) is 3.40. The standard InChI is InChI=1S/C46H31N3/c1-46(2)41-27-39-36-20-12-10-18-34(36)33-17-9-11-19-35(33)38(39)26-40(41)37-24-21-30-25-31(22-23-32(30)42(37)46)45-48-43(28-13-5-3-6-14-28)47-44(49-45)29-15-7-4-8-16-29/h3-27H,1-2H3. The zero-order valence-corrected chi connectivity index (χ0v) is 27.3. The summed E-state index contributed by atoms with van der Waals surface area (Å²) in [5.41, 5.74) is 8.13. The van der Waals surface area contributed by atoms with Gasteiger partial charge in [0.15, 0.2) is 17.5 Å². The fraction of sp³-hybridized carbons (Fsp3) is 0.0652. The molecule has 3 nitrogen and oxygen atoms in total. The summed E-state index contributed by atoms with van der Waals surface area (Å²) in [6.07, 6.45) is 0. The van der Waals surface area contributed by atoms with Crippen LogP contribution in [0.1, 0.15) is 25.0 Å². The predicted octanol–water partition coefficient (Wildman–Crippen LogP) is 11.8. The minimum Gasteiger partial charge on any atom is -0.208 e. The maximum absolute atomic E-state index is 5.00.